The fourth-order valence-corrected chi connectivity index (χ4v) is 6.52. The van der Waals surface area contributed by atoms with Crippen LogP contribution in [0.5, 0.6) is 0 Å². The highest BCUT2D eigenvalue weighted by Crippen LogP contribution is 2.41. The van der Waals surface area contributed by atoms with Crippen molar-refractivity contribution in [2.24, 2.45) is 30.0 Å². The number of nitrogens with one attached hydrogen (secondary N) is 2. The Morgan fingerprint density at radius 3 is 1.30 bits per heavy atom. The molecule has 56 heavy (non-hydrogen) atoms. The van der Waals surface area contributed by atoms with Gasteiger partial charge in [-0.2, -0.15) is 0 Å². The van der Waals surface area contributed by atoms with Gasteiger partial charge in [0.15, 0.2) is 123 Å². The zero-order valence-electron chi connectivity index (χ0n) is 25.9. The summed E-state index contributed by atoms with van der Waals surface area (Å²) in [6.45, 7) is 0. The monoisotopic (exact) mass is 804 g/mol. The minimum atomic E-state index is -2.52. The second kappa shape index (κ2) is 11.5. The summed E-state index contributed by atoms with van der Waals surface area (Å²) in [5.74, 6) is -43.6. The topological polar surface area (TPSA) is 102 Å². The van der Waals surface area contributed by atoms with E-state index >= 15 is 35.1 Å². The molecule has 1 aromatic heterocycles. The largest absolute Gasteiger partial charge is 0.344 e. The summed E-state index contributed by atoms with van der Waals surface area (Å²) in [7, 11) is 0. The molecular formula is C32H4F16N8. The molecule has 0 spiro atoms. The average molecular weight is 804 g/mol. The molecule has 2 N–H and O–H groups in total. The number of halogens is 16. The first-order chi connectivity index (χ1) is 26.4. The van der Waals surface area contributed by atoms with Gasteiger partial charge in [-0.05, 0) is 0 Å². The van der Waals surface area contributed by atoms with Crippen LogP contribution in [0.3, 0.4) is 0 Å². The van der Waals surface area contributed by atoms with Gasteiger partial charge in [0.1, 0.15) is 16.8 Å². The van der Waals surface area contributed by atoms with E-state index in [1.54, 1.807) is 0 Å². The maximum Gasteiger partial charge on any atom is 0.198 e. The van der Waals surface area contributed by atoms with Crippen LogP contribution in [-0.2, 0) is 0 Å². The number of aliphatic imine (C=N–C) groups is 4. The molecule has 9 rings (SSSR count). The molecular weight excluding hydrogens is 800 g/mol. The predicted octanol–water partition coefficient (Wildman–Crippen LogP) is 6.36. The van der Waals surface area contributed by atoms with Crippen LogP contribution >= 0.6 is 0 Å². The molecule has 5 aromatic rings. The van der Waals surface area contributed by atoms with E-state index < -0.39 is 184 Å². The second-order valence-corrected chi connectivity index (χ2v) is 11.9. The van der Waals surface area contributed by atoms with Crippen molar-refractivity contribution >= 4 is 34.1 Å². The summed E-state index contributed by atoms with van der Waals surface area (Å²) in [5.41, 5.74) is -11.1. The van der Waals surface area contributed by atoms with Crippen LogP contribution in [0.2, 0.25) is 0 Å². The summed E-state index contributed by atoms with van der Waals surface area (Å²) >= 11 is 0. The van der Waals surface area contributed by atoms with Gasteiger partial charge in [-0.25, -0.2) is 100 Å². The summed E-state index contributed by atoms with van der Waals surface area (Å²) < 4.78 is 240. The molecule has 0 radical (unpaired) electrons. The number of fused-ring (bicyclic) bond motifs is 18. The normalized spacial score (nSPS) is 19.6. The molecule has 284 valence electrons. The minimum Gasteiger partial charge on any atom is -0.344 e. The number of aromatic amines is 1. The van der Waals surface area contributed by atoms with Gasteiger partial charge < -0.3 is 10.3 Å². The third kappa shape index (κ3) is 4.33. The number of rotatable bonds is 0. The van der Waals surface area contributed by atoms with Crippen LogP contribution in [0, 0.1) is 93.1 Å². The Kier molecular flexibility index (Phi) is 7.18. The standard InChI is InChI=1S/C32H4F16N8/c33-9-1-2(10(34)18(42)17(9)41)26-49-25(1)53-27-3-4(12(36)20(44)19(43)11(3)35)29(50-27)55-31-7-8(16(40)24(48)23(47)15(7)39)32(52-31)56-30-6-5(28(51-30)54-26)13(37)21(45)22(46)14(6)38/h25,28H,(H,49,54)(H,50,51,52,53,55,56). The van der Waals surface area contributed by atoms with E-state index in [2.05, 4.69) is 35.3 Å². The van der Waals surface area contributed by atoms with E-state index in [4.69, 9.17) is 0 Å². The molecule has 0 saturated heterocycles. The van der Waals surface area contributed by atoms with E-state index in [1.807, 2.05) is 4.98 Å². The lowest BCUT2D eigenvalue weighted by Crippen LogP contribution is -2.22. The smallest absolute Gasteiger partial charge is 0.198 e. The zero-order valence-corrected chi connectivity index (χ0v) is 25.9. The van der Waals surface area contributed by atoms with Gasteiger partial charge in [0.05, 0.1) is 38.6 Å². The van der Waals surface area contributed by atoms with Crippen molar-refractivity contribution < 1.29 is 70.2 Å². The Hall–Kier alpha value is -6.62. The molecule has 0 fully saturated rings. The molecule has 0 saturated carbocycles. The van der Waals surface area contributed by atoms with Crippen molar-refractivity contribution in [2.75, 3.05) is 0 Å². The summed E-state index contributed by atoms with van der Waals surface area (Å²) in [5, 5.41) is -0.819. The van der Waals surface area contributed by atoms with Crippen LogP contribution in [0.4, 0.5) is 70.2 Å². The summed E-state index contributed by atoms with van der Waals surface area (Å²) in [6, 6.07) is 0. The van der Waals surface area contributed by atoms with E-state index in [-0.39, 0.29) is 0 Å². The first kappa shape index (κ1) is 35.1. The number of nitrogens with zero attached hydrogens (tertiary/aromatic N) is 6. The second-order valence-electron chi connectivity index (χ2n) is 11.9. The molecule has 4 aliphatic heterocycles. The van der Waals surface area contributed by atoms with Gasteiger partial charge in [0.25, 0.3) is 0 Å². The Bertz CT molecular complexity index is 3040. The SMILES string of the molecule is Fc1c(F)c(F)c2c(c1F)C1=N/C2=N\C2N/C(=N\C3N=C(N=c4[nH]c(c5c(F)c(F)c(F)c(F)c45)=N1)c1c(F)c(F)c(F)c(F)c13)c1c(F)c(F)c(F)c(F)c12. The molecule has 4 aliphatic rings. The quantitative estimate of drug-likeness (QED) is 0.106. The van der Waals surface area contributed by atoms with Crippen molar-refractivity contribution in [3.8, 4) is 0 Å². The summed E-state index contributed by atoms with van der Waals surface area (Å²) in [4.78, 5) is 23.9. The lowest BCUT2D eigenvalue weighted by molar-refractivity contribution is 0.401. The van der Waals surface area contributed by atoms with E-state index in [0.717, 1.165) is 0 Å². The van der Waals surface area contributed by atoms with Crippen molar-refractivity contribution in [3.63, 3.8) is 0 Å². The predicted molar refractivity (Wildman–Crippen MR) is 154 cm³/mol. The number of aromatic nitrogens is 1. The fraction of sp³-hybridized carbons (Fsp3) is 0.0625. The maximum absolute atomic E-state index is 15.4. The third-order valence-corrected chi connectivity index (χ3v) is 8.96. The number of amidine groups is 4. The van der Waals surface area contributed by atoms with Crippen molar-refractivity contribution in [1.82, 2.24) is 10.3 Å². The first-order valence-electron chi connectivity index (χ1n) is 14.9. The van der Waals surface area contributed by atoms with Gasteiger partial charge >= 0.3 is 0 Å². The van der Waals surface area contributed by atoms with Gasteiger partial charge in [-0.15, -0.1) is 0 Å². The first-order valence-corrected chi connectivity index (χ1v) is 14.9. The van der Waals surface area contributed by atoms with Crippen LogP contribution < -0.4 is 16.3 Å². The molecule has 2 unspecified atom stereocenters. The van der Waals surface area contributed by atoms with Crippen LogP contribution in [-0.4, -0.2) is 28.3 Å². The zero-order chi connectivity index (χ0) is 40.1. The van der Waals surface area contributed by atoms with Gasteiger partial charge in [0, 0.05) is 5.56 Å². The highest BCUT2D eigenvalue weighted by atomic mass is 19.2. The molecule has 8 bridgehead atoms. The number of hydrogen-bond donors (Lipinski definition) is 2. The van der Waals surface area contributed by atoms with E-state index in [9.17, 15) is 35.1 Å². The van der Waals surface area contributed by atoms with Crippen molar-refractivity contribution in [1.29, 1.82) is 0 Å². The molecule has 24 heteroatoms. The number of H-pyrrole nitrogens is 1. The molecule has 0 aliphatic carbocycles. The maximum atomic E-state index is 15.4. The molecule has 8 nitrogen and oxygen atoms in total. The molecule has 5 heterocycles. The third-order valence-electron chi connectivity index (χ3n) is 8.96. The highest BCUT2D eigenvalue weighted by Gasteiger charge is 2.43. The molecule has 0 amide bonds. The van der Waals surface area contributed by atoms with Crippen LogP contribution in [0.1, 0.15) is 45.7 Å². The van der Waals surface area contributed by atoms with Gasteiger partial charge in [-0.1, -0.05) is 0 Å². The lowest BCUT2D eigenvalue weighted by atomic mass is 10.0. The Morgan fingerprint density at radius 2 is 0.750 bits per heavy atom. The lowest BCUT2D eigenvalue weighted by Gasteiger charge is -2.11. The average Bonchev–Trinajstić information content (AvgIpc) is 3.92. The van der Waals surface area contributed by atoms with Crippen LogP contribution in [0.15, 0.2) is 30.0 Å². The van der Waals surface area contributed by atoms with Gasteiger partial charge in [-0.3, -0.25) is 0 Å². The number of benzene rings is 4. The van der Waals surface area contributed by atoms with E-state index in [1.165, 1.54) is 0 Å². The Balaban J connectivity index is 1.49. The molecule has 2 atom stereocenters. The minimum absolute atomic E-state index is 1.22. The van der Waals surface area contributed by atoms with Gasteiger partial charge in [0.2, 0.25) is 0 Å². The molecule has 4 aromatic carbocycles. The summed E-state index contributed by atoms with van der Waals surface area (Å²) in [6.07, 6.45) is -4.94. The Labute approximate surface area is 294 Å². The van der Waals surface area contributed by atoms with Crippen LogP contribution in [0.25, 0.3) is 10.8 Å². The van der Waals surface area contributed by atoms with Crippen molar-refractivity contribution in [3.05, 3.63) is 137 Å². The van der Waals surface area contributed by atoms with E-state index in [0.29, 0.717) is 0 Å². The highest BCUT2D eigenvalue weighted by molar-refractivity contribution is 6.23. The number of hydrogen-bond acceptors (Lipinski definition) is 7. The fourth-order valence-electron chi connectivity index (χ4n) is 6.52. The van der Waals surface area contributed by atoms with Crippen molar-refractivity contribution in [2.45, 2.75) is 12.3 Å². The Morgan fingerprint density at radius 1 is 0.339 bits per heavy atom.